The topological polar surface area (TPSA) is 0 Å². The predicted octanol–water partition coefficient (Wildman–Crippen LogP) is 3.17. The Balaban J connectivity index is 1.95. The molecule has 70 valence electrons. The first-order chi connectivity index (χ1) is 5.43. The fourth-order valence-corrected chi connectivity index (χ4v) is 3.84. The molecular weight excluding hydrogens is 178 g/mol. The Morgan fingerprint density at radius 1 is 1.33 bits per heavy atom. The highest BCUT2D eigenvalue weighted by atomic mass is 32.2. The van der Waals surface area contributed by atoms with Gasteiger partial charge in [-0.05, 0) is 43.6 Å². The van der Waals surface area contributed by atoms with E-state index < -0.39 is 11.3 Å². The fourth-order valence-electron chi connectivity index (χ4n) is 2.92. The van der Waals surface area contributed by atoms with E-state index in [1.807, 2.05) is 0 Å². The van der Waals surface area contributed by atoms with Crippen molar-refractivity contribution < 1.29 is 8.78 Å². The molecule has 3 fully saturated rings. The quantitative estimate of drug-likeness (QED) is 0.661. The van der Waals surface area contributed by atoms with E-state index in [1.165, 1.54) is 0 Å². The normalized spacial score (nSPS) is 45.0. The molecule has 0 N–H and O–H groups in total. The van der Waals surface area contributed by atoms with Crippen LogP contribution >= 0.6 is 11.8 Å². The summed E-state index contributed by atoms with van der Waals surface area (Å²) < 4.78 is 26.0. The molecule has 0 atom stereocenters. The molecule has 0 aromatic heterocycles. The van der Waals surface area contributed by atoms with Crippen LogP contribution in [0.25, 0.3) is 0 Å². The van der Waals surface area contributed by atoms with Crippen LogP contribution in [0.1, 0.15) is 26.2 Å². The summed E-state index contributed by atoms with van der Waals surface area (Å²) in [7, 11) is 0. The molecular formula is C9H14F2S. The van der Waals surface area contributed by atoms with Gasteiger partial charge in [-0.1, -0.05) is 0 Å². The van der Waals surface area contributed by atoms with E-state index in [1.54, 1.807) is 11.8 Å². The van der Waals surface area contributed by atoms with Crippen LogP contribution in [0.2, 0.25) is 0 Å². The highest BCUT2D eigenvalue weighted by Gasteiger charge is 2.75. The third-order valence-corrected chi connectivity index (χ3v) is 4.42. The lowest BCUT2D eigenvalue weighted by atomic mass is 9.34. The number of rotatable bonds is 3. The Bertz CT molecular complexity index is 187. The van der Waals surface area contributed by atoms with E-state index in [2.05, 4.69) is 6.26 Å². The van der Waals surface area contributed by atoms with Gasteiger partial charge < -0.3 is 0 Å². The molecule has 0 aliphatic heterocycles. The van der Waals surface area contributed by atoms with E-state index >= 15 is 0 Å². The molecule has 12 heavy (non-hydrogen) atoms. The number of hydrogen-bond acceptors (Lipinski definition) is 1. The van der Waals surface area contributed by atoms with Gasteiger partial charge in [-0.15, -0.1) is 0 Å². The van der Waals surface area contributed by atoms with Crippen LogP contribution in [0.3, 0.4) is 0 Å². The second-order valence-corrected chi connectivity index (χ2v) is 5.50. The molecule has 0 nitrogen and oxygen atoms in total. The van der Waals surface area contributed by atoms with E-state index in [4.69, 9.17) is 0 Å². The van der Waals surface area contributed by atoms with Crippen molar-refractivity contribution in [3.8, 4) is 0 Å². The van der Waals surface area contributed by atoms with Gasteiger partial charge in [0.15, 0.2) is 0 Å². The monoisotopic (exact) mass is 192 g/mol. The Kier molecular flexibility index (Phi) is 1.59. The van der Waals surface area contributed by atoms with E-state index in [0.717, 1.165) is 31.9 Å². The van der Waals surface area contributed by atoms with Crippen LogP contribution in [-0.4, -0.2) is 17.9 Å². The molecule has 0 radical (unpaired) electrons. The van der Waals surface area contributed by atoms with Gasteiger partial charge in [-0.2, -0.15) is 11.8 Å². The Morgan fingerprint density at radius 2 is 1.83 bits per heavy atom. The molecule has 0 amide bonds. The molecule has 3 saturated carbocycles. The minimum absolute atomic E-state index is 0.318. The Labute approximate surface area is 76.1 Å². The van der Waals surface area contributed by atoms with Gasteiger partial charge in [0, 0.05) is 5.41 Å². The maximum Gasteiger partial charge on any atom is 0.250 e. The smallest absolute Gasteiger partial charge is 0.207 e. The summed E-state index contributed by atoms with van der Waals surface area (Å²) >= 11 is 1.79. The molecule has 3 rings (SSSR count). The van der Waals surface area contributed by atoms with Crippen molar-refractivity contribution in [3.63, 3.8) is 0 Å². The molecule has 3 aliphatic carbocycles. The van der Waals surface area contributed by atoms with Crippen molar-refractivity contribution in [2.24, 2.45) is 10.8 Å². The highest BCUT2D eigenvalue weighted by Crippen LogP contribution is 2.78. The SMILES string of the molecule is CSCC12CC(C(C)(F)F)(C1)C2. The first-order valence-electron chi connectivity index (χ1n) is 4.30. The highest BCUT2D eigenvalue weighted by molar-refractivity contribution is 7.98. The standard InChI is InChI=1S/C9H14F2S/c1-7(10,11)9-3-8(4-9,5-9)6-12-2/h3-6H2,1-2H3. The lowest BCUT2D eigenvalue weighted by Gasteiger charge is -2.72. The molecule has 0 unspecified atom stereocenters. The predicted molar refractivity (Wildman–Crippen MR) is 47.7 cm³/mol. The van der Waals surface area contributed by atoms with E-state index in [9.17, 15) is 8.78 Å². The third kappa shape index (κ3) is 0.889. The number of thioether (sulfide) groups is 1. The van der Waals surface area contributed by atoms with Gasteiger partial charge in [-0.3, -0.25) is 0 Å². The van der Waals surface area contributed by atoms with Crippen molar-refractivity contribution in [3.05, 3.63) is 0 Å². The minimum Gasteiger partial charge on any atom is -0.207 e. The van der Waals surface area contributed by atoms with Crippen LogP contribution in [0, 0.1) is 10.8 Å². The van der Waals surface area contributed by atoms with E-state index in [-0.39, 0.29) is 0 Å². The molecule has 0 aromatic rings. The van der Waals surface area contributed by atoms with Crippen molar-refractivity contribution in [2.75, 3.05) is 12.0 Å². The van der Waals surface area contributed by atoms with Crippen LogP contribution in [0.4, 0.5) is 8.78 Å². The largest absolute Gasteiger partial charge is 0.250 e. The third-order valence-electron chi connectivity index (χ3n) is 3.52. The van der Waals surface area contributed by atoms with Crippen LogP contribution in [-0.2, 0) is 0 Å². The molecule has 3 aliphatic rings. The van der Waals surface area contributed by atoms with Gasteiger partial charge >= 0.3 is 0 Å². The number of halogens is 2. The van der Waals surface area contributed by atoms with Crippen molar-refractivity contribution in [1.82, 2.24) is 0 Å². The zero-order valence-corrected chi connectivity index (χ0v) is 8.31. The second-order valence-electron chi connectivity index (χ2n) is 4.63. The average Bonchev–Trinajstić information content (AvgIpc) is 1.70. The fraction of sp³-hybridized carbons (Fsp3) is 1.00. The summed E-state index contributed by atoms with van der Waals surface area (Å²) in [5, 5.41) is 0. The molecule has 0 spiro atoms. The maximum absolute atomic E-state index is 13.0. The molecule has 0 heterocycles. The number of hydrogen-bond donors (Lipinski definition) is 0. The first-order valence-corrected chi connectivity index (χ1v) is 5.69. The Morgan fingerprint density at radius 3 is 2.17 bits per heavy atom. The summed E-state index contributed by atoms with van der Waals surface area (Å²) in [6, 6.07) is 0. The van der Waals surface area contributed by atoms with Crippen molar-refractivity contribution in [2.45, 2.75) is 32.1 Å². The van der Waals surface area contributed by atoms with Gasteiger partial charge in [0.05, 0.1) is 0 Å². The molecule has 0 aromatic carbocycles. The van der Waals surface area contributed by atoms with Crippen molar-refractivity contribution in [1.29, 1.82) is 0 Å². The van der Waals surface area contributed by atoms with E-state index in [0.29, 0.717) is 5.41 Å². The zero-order valence-electron chi connectivity index (χ0n) is 7.49. The summed E-state index contributed by atoms with van der Waals surface area (Å²) in [6.07, 6.45) is 4.36. The van der Waals surface area contributed by atoms with Gasteiger partial charge in [0.25, 0.3) is 5.92 Å². The lowest BCUT2D eigenvalue weighted by Crippen LogP contribution is -2.69. The minimum atomic E-state index is -2.44. The number of alkyl halides is 2. The molecule has 3 heteroatoms. The maximum atomic E-state index is 13.0. The van der Waals surface area contributed by atoms with Crippen LogP contribution in [0.5, 0.6) is 0 Å². The molecule has 2 bridgehead atoms. The van der Waals surface area contributed by atoms with Gasteiger partial charge in [-0.25, -0.2) is 8.78 Å². The summed E-state index contributed by atoms with van der Waals surface area (Å²) in [5.74, 6) is -1.36. The van der Waals surface area contributed by atoms with Gasteiger partial charge in [0.2, 0.25) is 0 Å². The lowest BCUT2D eigenvalue weighted by molar-refractivity contribution is -0.299. The van der Waals surface area contributed by atoms with Gasteiger partial charge in [0.1, 0.15) is 0 Å². The summed E-state index contributed by atoms with van der Waals surface area (Å²) in [6.45, 7) is 1.08. The second kappa shape index (κ2) is 2.17. The van der Waals surface area contributed by atoms with Crippen LogP contribution < -0.4 is 0 Å². The van der Waals surface area contributed by atoms with Crippen molar-refractivity contribution >= 4 is 11.8 Å². The average molecular weight is 192 g/mol. The first kappa shape index (κ1) is 8.79. The summed E-state index contributed by atoms with van der Waals surface area (Å²) in [4.78, 5) is 0. The molecule has 0 saturated heterocycles. The van der Waals surface area contributed by atoms with Crippen LogP contribution in [0.15, 0.2) is 0 Å². The summed E-state index contributed by atoms with van der Waals surface area (Å²) in [5.41, 5.74) is -0.262. The zero-order chi connectivity index (χ0) is 9.04. The Hall–Kier alpha value is 0.210.